The lowest BCUT2D eigenvalue weighted by Crippen LogP contribution is -2.55. The van der Waals surface area contributed by atoms with E-state index in [1.165, 1.54) is 109 Å². The first-order valence-electron chi connectivity index (χ1n) is 25.3. The van der Waals surface area contributed by atoms with Crippen LogP contribution in [0.15, 0.2) is 60.8 Å². The second-order valence-corrected chi connectivity index (χ2v) is 18.0. The zero-order valence-electron chi connectivity index (χ0n) is 40.8. The van der Waals surface area contributed by atoms with Gasteiger partial charge in [-0.15, -0.1) is 0 Å². The SMILES string of the molecule is CC/C=C/C/C=C/C/C=C/C/C=C/CCCCCC(=O)OC(COCCC(C(=O)[O-])[N+](C)(C)C)COC(=O)CCCCCCCCC/C=C/CCCCCCCCCCCCC. The molecule has 0 aromatic rings. The molecule has 0 saturated carbocycles. The summed E-state index contributed by atoms with van der Waals surface area (Å²) in [5.41, 5.74) is 0. The molecule has 8 nitrogen and oxygen atoms in total. The van der Waals surface area contributed by atoms with E-state index in [-0.39, 0.29) is 49.1 Å². The Balaban J connectivity index is 4.27. The van der Waals surface area contributed by atoms with Gasteiger partial charge in [-0.2, -0.15) is 0 Å². The molecule has 0 aliphatic heterocycles. The maximum absolute atomic E-state index is 12.7. The normalized spacial score (nSPS) is 13.4. The highest BCUT2D eigenvalue weighted by Gasteiger charge is 2.25. The number of quaternary nitrogens is 1. The Morgan fingerprint density at radius 3 is 1.37 bits per heavy atom. The third-order valence-corrected chi connectivity index (χ3v) is 11.1. The van der Waals surface area contributed by atoms with E-state index in [4.69, 9.17) is 14.2 Å². The van der Waals surface area contributed by atoms with Crippen LogP contribution >= 0.6 is 0 Å². The van der Waals surface area contributed by atoms with Crippen LogP contribution in [0.4, 0.5) is 0 Å². The number of nitrogens with zero attached hydrogens (tertiary/aromatic N) is 1. The van der Waals surface area contributed by atoms with Crippen molar-refractivity contribution in [2.75, 3.05) is 41.0 Å². The Morgan fingerprint density at radius 1 is 0.500 bits per heavy atom. The average Bonchev–Trinajstić information content (AvgIpc) is 3.23. The summed E-state index contributed by atoms with van der Waals surface area (Å²) in [5, 5.41) is 11.7. The summed E-state index contributed by atoms with van der Waals surface area (Å²) >= 11 is 0. The third-order valence-electron chi connectivity index (χ3n) is 11.1. The highest BCUT2D eigenvalue weighted by Crippen LogP contribution is 2.15. The Kier molecular flexibility index (Phi) is 42.5. The minimum absolute atomic E-state index is 0.0248. The van der Waals surface area contributed by atoms with Crippen molar-refractivity contribution in [2.24, 2.45) is 0 Å². The van der Waals surface area contributed by atoms with Crippen molar-refractivity contribution in [3.8, 4) is 0 Å². The summed E-state index contributed by atoms with van der Waals surface area (Å²) in [6.45, 7) is 4.52. The molecule has 0 aliphatic carbocycles. The van der Waals surface area contributed by atoms with Crippen LogP contribution in [0.2, 0.25) is 0 Å². The molecule has 0 aromatic heterocycles. The van der Waals surface area contributed by atoms with E-state index in [2.05, 4.69) is 74.6 Å². The molecule has 0 fully saturated rings. The molecule has 0 amide bonds. The molecule has 0 rings (SSSR count). The first-order valence-corrected chi connectivity index (χ1v) is 25.3. The largest absolute Gasteiger partial charge is 0.544 e. The van der Waals surface area contributed by atoms with E-state index in [1.54, 1.807) is 21.1 Å². The van der Waals surface area contributed by atoms with Gasteiger partial charge in [-0.05, 0) is 77.0 Å². The van der Waals surface area contributed by atoms with Crippen LogP contribution in [0.3, 0.4) is 0 Å². The van der Waals surface area contributed by atoms with E-state index in [0.29, 0.717) is 12.8 Å². The minimum Gasteiger partial charge on any atom is -0.544 e. The number of carboxylic acid groups (broad SMARTS) is 1. The van der Waals surface area contributed by atoms with Gasteiger partial charge in [0.15, 0.2) is 6.10 Å². The van der Waals surface area contributed by atoms with Gasteiger partial charge in [0.2, 0.25) is 0 Å². The summed E-state index contributed by atoms with van der Waals surface area (Å²) in [7, 11) is 5.40. The highest BCUT2D eigenvalue weighted by atomic mass is 16.6. The fourth-order valence-corrected chi connectivity index (χ4v) is 7.23. The maximum atomic E-state index is 12.7. The van der Waals surface area contributed by atoms with Gasteiger partial charge in [-0.1, -0.05) is 177 Å². The summed E-state index contributed by atoms with van der Waals surface area (Å²) in [6.07, 6.45) is 55.4. The lowest BCUT2D eigenvalue weighted by atomic mass is 10.0. The number of allylic oxidation sites excluding steroid dienone is 10. The molecule has 0 heterocycles. The average molecular weight is 870 g/mol. The van der Waals surface area contributed by atoms with Gasteiger partial charge in [-0.25, -0.2) is 0 Å². The summed E-state index contributed by atoms with van der Waals surface area (Å²) < 4.78 is 17.2. The summed E-state index contributed by atoms with van der Waals surface area (Å²) in [5.74, 6) is -1.78. The number of ether oxygens (including phenoxy) is 3. The molecule has 2 unspecified atom stereocenters. The van der Waals surface area contributed by atoms with Crippen molar-refractivity contribution in [3.63, 3.8) is 0 Å². The predicted molar refractivity (Wildman–Crippen MR) is 259 cm³/mol. The van der Waals surface area contributed by atoms with Crippen molar-refractivity contribution in [1.29, 1.82) is 0 Å². The molecule has 62 heavy (non-hydrogen) atoms. The van der Waals surface area contributed by atoms with E-state index in [9.17, 15) is 19.5 Å². The van der Waals surface area contributed by atoms with Crippen LogP contribution in [0, 0.1) is 0 Å². The fourth-order valence-electron chi connectivity index (χ4n) is 7.23. The van der Waals surface area contributed by atoms with Crippen molar-refractivity contribution in [2.45, 2.75) is 225 Å². The molecular formula is C54H95NO7. The number of carbonyl (C=O) groups excluding carboxylic acids is 3. The minimum atomic E-state index is -1.13. The van der Waals surface area contributed by atoms with Gasteiger partial charge in [0.25, 0.3) is 0 Å². The number of rotatable bonds is 45. The molecule has 0 N–H and O–H groups in total. The van der Waals surface area contributed by atoms with Gasteiger partial charge in [0.05, 0.1) is 40.3 Å². The van der Waals surface area contributed by atoms with E-state index < -0.39 is 18.1 Å². The standard InChI is InChI=1S/C54H95NO7/c1-6-8-10-12-14-16-18-20-22-24-25-26-27-28-29-31-32-34-36-38-40-42-44-52(56)61-49-50(48-60-47-46-51(54(58)59)55(3,4)5)62-53(57)45-43-41-39-37-35-33-30-23-21-19-17-15-13-11-9-7-2/h9,11,15,17,21,23,27-28,33,35,50-51H,6-8,10,12-14,16,18-20,22,24-26,29-32,34,36-49H2,1-5H3/b11-9+,17-15+,23-21+,28-27+,35-33+. The maximum Gasteiger partial charge on any atom is 0.306 e. The molecule has 0 aromatic carbocycles. The van der Waals surface area contributed by atoms with Gasteiger partial charge in [0.1, 0.15) is 12.6 Å². The van der Waals surface area contributed by atoms with Gasteiger partial charge in [-0.3, -0.25) is 9.59 Å². The zero-order valence-corrected chi connectivity index (χ0v) is 40.8. The van der Waals surface area contributed by atoms with E-state index in [1.807, 2.05) is 0 Å². The van der Waals surface area contributed by atoms with Crippen LogP contribution in [0.1, 0.15) is 213 Å². The number of aliphatic carboxylic acids is 1. The fraction of sp³-hybridized carbons (Fsp3) is 0.759. The topological polar surface area (TPSA) is 102 Å². The number of carbonyl (C=O) groups is 3. The van der Waals surface area contributed by atoms with Crippen LogP contribution in [-0.2, 0) is 28.6 Å². The Labute approximate surface area is 381 Å². The number of hydrogen-bond donors (Lipinski definition) is 0. The van der Waals surface area contributed by atoms with Crippen molar-refractivity contribution >= 4 is 17.9 Å². The van der Waals surface area contributed by atoms with Gasteiger partial charge in [0, 0.05) is 19.3 Å². The Hall–Kier alpha value is -2.97. The van der Waals surface area contributed by atoms with E-state index >= 15 is 0 Å². The number of esters is 2. The van der Waals surface area contributed by atoms with Crippen molar-refractivity contribution in [3.05, 3.63) is 60.8 Å². The van der Waals surface area contributed by atoms with Crippen LogP contribution in [0.5, 0.6) is 0 Å². The first kappa shape index (κ1) is 59.0. The third kappa shape index (κ3) is 42.3. The van der Waals surface area contributed by atoms with Crippen LogP contribution in [0.25, 0.3) is 0 Å². The van der Waals surface area contributed by atoms with Crippen LogP contribution in [-0.4, -0.2) is 75.5 Å². The predicted octanol–water partition coefficient (Wildman–Crippen LogP) is 13.2. The number of carboxylic acids is 1. The number of unbranched alkanes of at least 4 members (excludes halogenated alkanes) is 21. The van der Waals surface area contributed by atoms with Crippen molar-refractivity contribution in [1.82, 2.24) is 0 Å². The second-order valence-electron chi connectivity index (χ2n) is 18.0. The number of hydrogen-bond acceptors (Lipinski definition) is 7. The number of likely N-dealkylation sites (N-methyl/N-ethyl adjacent to an activating group) is 1. The van der Waals surface area contributed by atoms with Crippen LogP contribution < -0.4 is 5.11 Å². The molecule has 0 radical (unpaired) electrons. The second kappa shape index (κ2) is 44.6. The van der Waals surface area contributed by atoms with Gasteiger partial charge < -0.3 is 28.6 Å². The Bertz CT molecular complexity index is 1200. The first-order chi connectivity index (χ1) is 30.1. The molecule has 8 heteroatoms. The monoisotopic (exact) mass is 870 g/mol. The van der Waals surface area contributed by atoms with E-state index in [0.717, 1.165) is 64.2 Å². The smallest absolute Gasteiger partial charge is 0.306 e. The van der Waals surface area contributed by atoms with Gasteiger partial charge >= 0.3 is 11.9 Å². The molecule has 0 saturated heterocycles. The Morgan fingerprint density at radius 2 is 0.903 bits per heavy atom. The quantitative estimate of drug-likeness (QED) is 0.0260. The summed E-state index contributed by atoms with van der Waals surface area (Å²) in [4.78, 5) is 37.0. The molecule has 358 valence electrons. The molecule has 0 spiro atoms. The molecular weight excluding hydrogens is 775 g/mol. The molecule has 0 bridgehead atoms. The lowest BCUT2D eigenvalue weighted by Gasteiger charge is -2.34. The van der Waals surface area contributed by atoms with Crippen molar-refractivity contribution < 1.29 is 38.2 Å². The highest BCUT2D eigenvalue weighted by molar-refractivity contribution is 5.70. The molecule has 2 atom stereocenters. The lowest BCUT2D eigenvalue weighted by molar-refractivity contribution is -0.889. The molecule has 0 aliphatic rings. The zero-order chi connectivity index (χ0) is 45.6. The summed E-state index contributed by atoms with van der Waals surface area (Å²) in [6, 6.07) is -0.735.